The topological polar surface area (TPSA) is 84.7 Å². The van der Waals surface area contributed by atoms with Gasteiger partial charge in [0, 0.05) is 18.1 Å². The second-order valence-corrected chi connectivity index (χ2v) is 5.38. The molecule has 0 fully saturated rings. The summed E-state index contributed by atoms with van der Waals surface area (Å²) in [5.74, 6) is 0.484. The predicted molar refractivity (Wildman–Crippen MR) is 95.7 cm³/mol. The van der Waals surface area contributed by atoms with E-state index in [1.165, 1.54) is 0 Å². The highest BCUT2D eigenvalue weighted by Crippen LogP contribution is 2.19. The summed E-state index contributed by atoms with van der Waals surface area (Å²) in [4.78, 5) is 24.5. The van der Waals surface area contributed by atoms with Crippen molar-refractivity contribution in [3.63, 3.8) is 0 Å². The molecule has 0 bridgehead atoms. The van der Waals surface area contributed by atoms with Crippen LogP contribution in [0, 0.1) is 0 Å². The zero-order chi connectivity index (χ0) is 17.1. The Hall–Kier alpha value is -3.74. The number of imidazole rings is 1. The van der Waals surface area contributed by atoms with E-state index < -0.39 is 0 Å². The predicted octanol–water partition coefficient (Wildman–Crippen LogP) is 3.46. The van der Waals surface area contributed by atoms with Crippen molar-refractivity contribution < 1.29 is 4.79 Å². The van der Waals surface area contributed by atoms with Gasteiger partial charge in [-0.3, -0.25) is 4.57 Å². The number of nitrogens with zero attached hydrogens (tertiary/aromatic N) is 4. The Morgan fingerprint density at radius 1 is 0.920 bits per heavy atom. The molecule has 25 heavy (non-hydrogen) atoms. The number of carbonyl (C=O) groups is 1. The van der Waals surface area contributed by atoms with E-state index in [1.807, 2.05) is 42.5 Å². The molecular weight excluding hydrogens is 316 g/mol. The van der Waals surface area contributed by atoms with Crippen molar-refractivity contribution in [2.45, 2.75) is 0 Å². The minimum Gasteiger partial charge on any atom is -0.308 e. The number of rotatable bonds is 3. The van der Waals surface area contributed by atoms with Crippen LogP contribution < -0.4 is 10.6 Å². The van der Waals surface area contributed by atoms with Crippen LogP contribution in [-0.2, 0) is 0 Å². The molecule has 2 amide bonds. The summed E-state index contributed by atoms with van der Waals surface area (Å²) in [5.41, 5.74) is 1.22. The summed E-state index contributed by atoms with van der Waals surface area (Å²) in [7, 11) is 0. The second kappa shape index (κ2) is 6.40. The minimum absolute atomic E-state index is 0.353. The van der Waals surface area contributed by atoms with Gasteiger partial charge in [-0.1, -0.05) is 30.3 Å². The van der Waals surface area contributed by atoms with Gasteiger partial charge in [0.05, 0.1) is 18.1 Å². The third-order valence-corrected chi connectivity index (χ3v) is 3.64. The van der Waals surface area contributed by atoms with Crippen molar-refractivity contribution in [1.29, 1.82) is 0 Å². The first-order valence-electron chi connectivity index (χ1n) is 7.65. The summed E-state index contributed by atoms with van der Waals surface area (Å²) in [5, 5.41) is 7.70. The maximum atomic E-state index is 12.1. The van der Waals surface area contributed by atoms with Crippen LogP contribution in [0.3, 0.4) is 0 Å². The summed E-state index contributed by atoms with van der Waals surface area (Å²) >= 11 is 0. The molecule has 0 aliphatic rings. The van der Waals surface area contributed by atoms with Gasteiger partial charge in [-0.15, -0.1) is 0 Å². The van der Waals surface area contributed by atoms with Crippen molar-refractivity contribution in [2.75, 3.05) is 10.6 Å². The zero-order valence-electron chi connectivity index (χ0n) is 13.1. The number of hydrogen-bond acceptors (Lipinski definition) is 4. The van der Waals surface area contributed by atoms with Crippen LogP contribution in [0.4, 0.5) is 16.2 Å². The van der Waals surface area contributed by atoms with E-state index in [1.54, 1.807) is 35.7 Å². The summed E-state index contributed by atoms with van der Waals surface area (Å²) < 4.78 is 1.68. The normalized spacial score (nSPS) is 10.6. The molecule has 7 nitrogen and oxygen atoms in total. The smallest absolute Gasteiger partial charge is 0.308 e. The molecular formula is C18H14N6O. The second-order valence-electron chi connectivity index (χ2n) is 5.38. The van der Waals surface area contributed by atoms with Crippen LogP contribution in [-0.4, -0.2) is 25.6 Å². The quantitative estimate of drug-likeness (QED) is 0.602. The van der Waals surface area contributed by atoms with E-state index in [0.29, 0.717) is 17.3 Å². The molecule has 0 saturated heterocycles. The molecule has 0 atom stereocenters. The molecule has 0 saturated carbocycles. The lowest BCUT2D eigenvalue weighted by atomic mass is 10.1. The number of carbonyl (C=O) groups excluding carboxylic acids is 1. The van der Waals surface area contributed by atoms with E-state index in [2.05, 4.69) is 25.6 Å². The van der Waals surface area contributed by atoms with Crippen molar-refractivity contribution in [1.82, 2.24) is 19.5 Å². The average molecular weight is 330 g/mol. The third kappa shape index (κ3) is 3.30. The maximum absolute atomic E-state index is 12.1. The number of hydrogen-bond donors (Lipinski definition) is 2. The van der Waals surface area contributed by atoms with Gasteiger partial charge in [-0.2, -0.15) is 0 Å². The van der Waals surface area contributed by atoms with Gasteiger partial charge >= 0.3 is 6.03 Å². The fraction of sp³-hybridized carbons (Fsp3) is 0. The Labute approximate surface area is 143 Å². The highest BCUT2D eigenvalue weighted by molar-refractivity contribution is 6.01. The fourth-order valence-electron chi connectivity index (χ4n) is 2.46. The first kappa shape index (κ1) is 14.8. The largest absolute Gasteiger partial charge is 0.323 e. The summed E-state index contributed by atoms with van der Waals surface area (Å²) in [6, 6.07) is 13.4. The molecule has 4 aromatic rings. The lowest BCUT2D eigenvalue weighted by Crippen LogP contribution is -2.19. The SMILES string of the molecule is O=C(Nc1cnc(-n2ccnc2)nc1)Nc1ccc2ccccc2c1. The number of anilines is 2. The molecule has 2 heterocycles. The summed E-state index contributed by atoms with van der Waals surface area (Å²) in [6.07, 6.45) is 8.08. The number of fused-ring (bicyclic) bond motifs is 1. The van der Waals surface area contributed by atoms with Crippen molar-refractivity contribution in [3.05, 3.63) is 73.6 Å². The highest BCUT2D eigenvalue weighted by Gasteiger charge is 2.05. The average Bonchev–Trinajstić information content (AvgIpc) is 3.17. The molecule has 0 radical (unpaired) electrons. The van der Waals surface area contributed by atoms with Crippen LogP contribution in [0.25, 0.3) is 16.7 Å². The minimum atomic E-state index is -0.353. The molecule has 0 unspecified atom stereocenters. The van der Waals surface area contributed by atoms with Gasteiger partial charge in [0.1, 0.15) is 6.33 Å². The lowest BCUT2D eigenvalue weighted by Gasteiger charge is -2.08. The molecule has 2 aromatic heterocycles. The van der Waals surface area contributed by atoms with Gasteiger partial charge in [-0.25, -0.2) is 19.7 Å². The Morgan fingerprint density at radius 3 is 2.44 bits per heavy atom. The number of benzene rings is 2. The monoisotopic (exact) mass is 330 g/mol. The van der Waals surface area contributed by atoms with Crippen molar-refractivity contribution in [3.8, 4) is 5.95 Å². The highest BCUT2D eigenvalue weighted by atomic mass is 16.2. The molecule has 0 spiro atoms. The van der Waals surface area contributed by atoms with Gasteiger partial charge in [0.25, 0.3) is 0 Å². The fourth-order valence-corrected chi connectivity index (χ4v) is 2.46. The molecule has 122 valence electrons. The lowest BCUT2D eigenvalue weighted by molar-refractivity contribution is 0.262. The van der Waals surface area contributed by atoms with Crippen molar-refractivity contribution in [2.24, 2.45) is 0 Å². The number of aromatic nitrogens is 4. The number of amides is 2. The first-order valence-corrected chi connectivity index (χ1v) is 7.65. The number of nitrogens with one attached hydrogen (secondary N) is 2. The van der Waals surface area contributed by atoms with Crippen LogP contribution in [0.5, 0.6) is 0 Å². The first-order chi connectivity index (χ1) is 12.3. The van der Waals surface area contributed by atoms with Crippen molar-refractivity contribution >= 4 is 28.2 Å². The van der Waals surface area contributed by atoms with Crippen LogP contribution in [0.15, 0.2) is 73.6 Å². The van der Waals surface area contributed by atoms with E-state index in [4.69, 9.17) is 0 Å². The third-order valence-electron chi connectivity index (χ3n) is 3.64. The van der Waals surface area contributed by atoms with Crippen LogP contribution >= 0.6 is 0 Å². The van der Waals surface area contributed by atoms with Gasteiger partial charge in [0.2, 0.25) is 5.95 Å². The van der Waals surface area contributed by atoms with Crippen LogP contribution in [0.1, 0.15) is 0 Å². The molecule has 7 heteroatoms. The summed E-state index contributed by atoms with van der Waals surface area (Å²) in [6.45, 7) is 0. The van der Waals surface area contributed by atoms with E-state index in [-0.39, 0.29) is 6.03 Å². The molecule has 0 aliphatic heterocycles. The van der Waals surface area contributed by atoms with Crippen LogP contribution in [0.2, 0.25) is 0 Å². The Bertz CT molecular complexity index is 1010. The molecule has 4 rings (SSSR count). The maximum Gasteiger partial charge on any atom is 0.323 e. The molecule has 0 aliphatic carbocycles. The van der Waals surface area contributed by atoms with E-state index >= 15 is 0 Å². The zero-order valence-corrected chi connectivity index (χ0v) is 13.1. The number of urea groups is 1. The molecule has 2 N–H and O–H groups in total. The molecule has 2 aromatic carbocycles. The standard InChI is InChI=1S/C18H14N6O/c25-18(22-15-6-5-13-3-1-2-4-14(13)9-15)23-16-10-20-17(21-11-16)24-8-7-19-12-24/h1-12H,(H2,22,23,25). The van der Waals surface area contributed by atoms with E-state index in [0.717, 1.165) is 10.8 Å². The van der Waals surface area contributed by atoms with E-state index in [9.17, 15) is 4.79 Å². The Balaban J connectivity index is 1.44. The Morgan fingerprint density at radius 2 is 1.68 bits per heavy atom. The van der Waals surface area contributed by atoms with Gasteiger partial charge in [0.15, 0.2) is 0 Å². The van der Waals surface area contributed by atoms with Gasteiger partial charge in [-0.05, 0) is 22.9 Å². The van der Waals surface area contributed by atoms with Gasteiger partial charge < -0.3 is 10.6 Å². The Kier molecular flexibility index (Phi) is 3.80.